The lowest BCUT2D eigenvalue weighted by molar-refractivity contribution is -0.385. The average Bonchev–Trinajstić information content (AvgIpc) is 3.05. The van der Waals surface area contributed by atoms with E-state index in [0.717, 1.165) is 16.8 Å². The molecule has 1 spiro atoms. The number of fused-ring (bicyclic) bond motifs is 2. The molecule has 0 saturated heterocycles. The van der Waals surface area contributed by atoms with Gasteiger partial charge in [-0.2, -0.15) is 0 Å². The van der Waals surface area contributed by atoms with E-state index in [-0.39, 0.29) is 5.69 Å². The Morgan fingerprint density at radius 2 is 1.79 bits per heavy atom. The lowest BCUT2D eigenvalue weighted by Gasteiger charge is -2.50. The topological polar surface area (TPSA) is 68.1 Å². The SMILES string of the molecule is COc1cc([N+](=O)[O-])c(Br)c2c1OC1(C=C2)N(N(C)C)c2ccccc2C1(C)c1ccccc1. The minimum atomic E-state index is -1.00. The van der Waals surface area contributed by atoms with Crippen LogP contribution in [-0.2, 0) is 5.41 Å². The zero-order valence-corrected chi connectivity index (χ0v) is 20.9. The van der Waals surface area contributed by atoms with Crippen LogP contribution in [0.25, 0.3) is 6.08 Å². The molecule has 0 saturated carbocycles. The van der Waals surface area contributed by atoms with Crippen LogP contribution in [0.3, 0.4) is 0 Å². The van der Waals surface area contributed by atoms with Gasteiger partial charge in [0.2, 0.25) is 5.72 Å². The molecule has 5 rings (SSSR count). The Labute approximate surface area is 206 Å². The highest BCUT2D eigenvalue weighted by Crippen LogP contribution is 2.60. The zero-order chi connectivity index (χ0) is 24.3. The second kappa shape index (κ2) is 7.85. The summed E-state index contributed by atoms with van der Waals surface area (Å²) in [5, 5.41) is 15.8. The molecule has 34 heavy (non-hydrogen) atoms. The molecule has 0 aliphatic carbocycles. The number of nitro benzene ring substituents is 1. The van der Waals surface area contributed by atoms with Gasteiger partial charge in [-0.25, -0.2) is 5.01 Å². The predicted molar refractivity (Wildman–Crippen MR) is 135 cm³/mol. The summed E-state index contributed by atoms with van der Waals surface area (Å²) in [6.45, 7) is 2.17. The van der Waals surface area contributed by atoms with Crippen molar-refractivity contribution in [3.8, 4) is 11.5 Å². The van der Waals surface area contributed by atoms with Crippen molar-refractivity contribution < 1.29 is 14.4 Å². The van der Waals surface area contributed by atoms with E-state index in [9.17, 15) is 10.1 Å². The van der Waals surface area contributed by atoms with Crippen LogP contribution in [0.5, 0.6) is 11.5 Å². The van der Waals surface area contributed by atoms with E-state index in [1.165, 1.54) is 13.2 Å². The molecule has 0 amide bonds. The first-order valence-electron chi connectivity index (χ1n) is 10.8. The summed E-state index contributed by atoms with van der Waals surface area (Å²) in [4.78, 5) is 11.2. The summed E-state index contributed by atoms with van der Waals surface area (Å²) in [7, 11) is 5.45. The van der Waals surface area contributed by atoms with Crippen LogP contribution >= 0.6 is 15.9 Å². The lowest BCUT2D eigenvalue weighted by atomic mass is 9.69. The van der Waals surface area contributed by atoms with Crippen molar-refractivity contribution in [2.75, 3.05) is 26.2 Å². The predicted octanol–water partition coefficient (Wildman–Crippen LogP) is 5.77. The fourth-order valence-corrected chi connectivity index (χ4v) is 5.81. The smallest absolute Gasteiger partial charge is 0.288 e. The maximum absolute atomic E-state index is 11.6. The van der Waals surface area contributed by atoms with Crippen LogP contribution in [-0.4, -0.2) is 36.9 Å². The fourth-order valence-electron chi connectivity index (χ4n) is 5.24. The Kier molecular flexibility index (Phi) is 5.18. The third kappa shape index (κ3) is 2.85. The van der Waals surface area contributed by atoms with Gasteiger partial charge in [-0.3, -0.25) is 15.1 Å². The van der Waals surface area contributed by atoms with Crippen molar-refractivity contribution in [1.82, 2.24) is 5.01 Å². The lowest BCUT2D eigenvalue weighted by Crippen LogP contribution is -2.64. The number of hydrogen-bond donors (Lipinski definition) is 0. The molecule has 2 atom stereocenters. The zero-order valence-electron chi connectivity index (χ0n) is 19.3. The number of benzene rings is 3. The van der Waals surface area contributed by atoms with Crippen molar-refractivity contribution >= 4 is 33.4 Å². The molecule has 0 bridgehead atoms. The number of halogens is 1. The molecule has 3 aromatic rings. The van der Waals surface area contributed by atoms with Crippen molar-refractivity contribution in [2.45, 2.75) is 18.1 Å². The minimum absolute atomic E-state index is 0.0789. The summed E-state index contributed by atoms with van der Waals surface area (Å²) in [5.41, 5.74) is 2.08. The first kappa shape index (κ1) is 22.4. The number of nitrogens with zero attached hydrogens (tertiary/aromatic N) is 3. The average molecular weight is 522 g/mol. The molecule has 2 heterocycles. The second-order valence-corrected chi connectivity index (χ2v) is 9.50. The Hall–Kier alpha value is -3.36. The largest absolute Gasteiger partial charge is 0.493 e. The highest BCUT2D eigenvalue weighted by Gasteiger charge is 2.63. The standard InChI is InChI=1S/C26H24BrN3O4/c1-25(17-10-6-5-7-11-17)19-12-8-9-13-20(19)29(28(2)3)26(25)15-14-18-23(27)21(30(31)32)16-22(33-4)24(18)34-26/h5-16H,1-4H3. The Morgan fingerprint density at radius 1 is 1.12 bits per heavy atom. The number of hydrazine groups is 1. The summed E-state index contributed by atoms with van der Waals surface area (Å²) >= 11 is 3.42. The van der Waals surface area contributed by atoms with E-state index < -0.39 is 16.1 Å². The highest BCUT2D eigenvalue weighted by molar-refractivity contribution is 9.10. The molecule has 2 aliphatic rings. The fraction of sp³-hybridized carbons (Fsp3) is 0.231. The summed E-state index contributed by atoms with van der Waals surface area (Å²) in [6.07, 6.45) is 3.89. The number of para-hydroxylation sites is 1. The third-order valence-corrected chi connectivity index (χ3v) is 7.63. The van der Waals surface area contributed by atoms with Crippen molar-refractivity contribution in [3.05, 3.63) is 98.0 Å². The van der Waals surface area contributed by atoms with Crippen LogP contribution in [0, 0.1) is 10.1 Å². The molecule has 8 heteroatoms. The minimum Gasteiger partial charge on any atom is -0.493 e. The van der Waals surface area contributed by atoms with E-state index in [4.69, 9.17) is 9.47 Å². The number of methoxy groups -OCH3 is 1. The molecule has 174 valence electrons. The monoisotopic (exact) mass is 521 g/mol. The maximum atomic E-state index is 11.6. The molecule has 2 aliphatic heterocycles. The normalized spacial score (nSPS) is 22.5. The Bertz CT molecular complexity index is 1330. The van der Waals surface area contributed by atoms with Gasteiger partial charge in [0, 0.05) is 19.7 Å². The van der Waals surface area contributed by atoms with Crippen molar-refractivity contribution in [2.24, 2.45) is 0 Å². The number of anilines is 1. The molecule has 0 N–H and O–H groups in total. The third-order valence-electron chi connectivity index (χ3n) is 6.80. The van der Waals surface area contributed by atoms with E-state index in [0.29, 0.717) is 21.5 Å². The van der Waals surface area contributed by atoms with Gasteiger partial charge in [0.15, 0.2) is 11.5 Å². The van der Waals surface area contributed by atoms with Crippen LogP contribution < -0.4 is 14.5 Å². The Morgan fingerprint density at radius 3 is 2.44 bits per heavy atom. The number of rotatable bonds is 4. The van der Waals surface area contributed by atoms with Crippen molar-refractivity contribution in [3.63, 3.8) is 0 Å². The molecule has 0 radical (unpaired) electrons. The summed E-state index contributed by atoms with van der Waals surface area (Å²) in [6, 6.07) is 19.9. The first-order valence-corrected chi connectivity index (χ1v) is 11.6. The van der Waals surface area contributed by atoms with Gasteiger partial charge in [0.25, 0.3) is 5.69 Å². The molecular weight excluding hydrogens is 498 g/mol. The molecule has 7 nitrogen and oxygen atoms in total. The Balaban J connectivity index is 1.83. The number of hydrogen-bond acceptors (Lipinski definition) is 6. The molecule has 0 fully saturated rings. The van der Waals surface area contributed by atoms with Gasteiger partial charge in [-0.15, -0.1) is 0 Å². The highest BCUT2D eigenvalue weighted by atomic mass is 79.9. The molecular formula is C26H24BrN3O4. The maximum Gasteiger partial charge on any atom is 0.288 e. The van der Waals surface area contributed by atoms with Gasteiger partial charge < -0.3 is 9.47 Å². The van der Waals surface area contributed by atoms with E-state index >= 15 is 0 Å². The first-order chi connectivity index (χ1) is 16.3. The molecule has 0 aromatic heterocycles. The summed E-state index contributed by atoms with van der Waals surface area (Å²) < 4.78 is 12.9. The van der Waals surface area contributed by atoms with Gasteiger partial charge in [-0.05, 0) is 52.2 Å². The van der Waals surface area contributed by atoms with Gasteiger partial charge in [0.1, 0.15) is 4.47 Å². The van der Waals surface area contributed by atoms with Gasteiger partial charge in [-0.1, -0.05) is 48.5 Å². The van der Waals surface area contributed by atoms with E-state index in [1.807, 2.05) is 61.6 Å². The van der Waals surface area contributed by atoms with Crippen LogP contribution in [0.2, 0.25) is 0 Å². The summed E-state index contributed by atoms with van der Waals surface area (Å²) in [5.74, 6) is 0.753. The van der Waals surface area contributed by atoms with E-state index in [2.05, 4.69) is 52.1 Å². The van der Waals surface area contributed by atoms with Crippen LogP contribution in [0.4, 0.5) is 11.4 Å². The van der Waals surface area contributed by atoms with Gasteiger partial charge >= 0.3 is 0 Å². The number of nitro groups is 1. The van der Waals surface area contributed by atoms with E-state index in [1.54, 1.807) is 0 Å². The van der Waals surface area contributed by atoms with Crippen molar-refractivity contribution in [1.29, 1.82) is 0 Å². The second-order valence-electron chi connectivity index (χ2n) is 8.71. The van der Waals surface area contributed by atoms with Gasteiger partial charge in [0.05, 0.1) is 29.2 Å². The quantitative estimate of drug-likeness (QED) is 0.320. The van der Waals surface area contributed by atoms with Crippen LogP contribution in [0.1, 0.15) is 23.6 Å². The van der Waals surface area contributed by atoms with Crippen LogP contribution in [0.15, 0.2) is 71.2 Å². The number of ether oxygens (including phenoxy) is 2. The molecule has 2 unspecified atom stereocenters. The molecule has 3 aromatic carbocycles.